The Balaban J connectivity index is 1.89. The lowest BCUT2D eigenvalue weighted by Gasteiger charge is -2.24. The molecule has 3 aromatic carbocycles. The highest BCUT2D eigenvalue weighted by atomic mass is 32.2. The van der Waals surface area contributed by atoms with E-state index in [0.717, 1.165) is 15.9 Å². The van der Waals surface area contributed by atoms with E-state index in [1.165, 1.54) is 30.3 Å². The highest BCUT2D eigenvalue weighted by Gasteiger charge is 2.29. The molecule has 3 rings (SSSR count). The first-order valence-corrected chi connectivity index (χ1v) is 10.4. The van der Waals surface area contributed by atoms with Gasteiger partial charge in [-0.15, -0.1) is 0 Å². The van der Waals surface area contributed by atoms with E-state index in [0.29, 0.717) is 5.69 Å². The van der Waals surface area contributed by atoms with Crippen LogP contribution in [0.25, 0.3) is 0 Å². The molecule has 0 radical (unpaired) electrons. The molecule has 0 saturated carbocycles. The number of amides is 1. The Labute approximate surface area is 174 Å². The van der Waals surface area contributed by atoms with Crippen LogP contribution in [-0.2, 0) is 21.2 Å². The van der Waals surface area contributed by atoms with Gasteiger partial charge < -0.3 is 5.32 Å². The predicted octanol–water partition coefficient (Wildman–Crippen LogP) is 3.73. The molecule has 0 unspecified atom stereocenters. The normalized spacial score (nSPS) is 10.8. The summed E-state index contributed by atoms with van der Waals surface area (Å²) in [6.07, 6.45) is 0.241. The van der Waals surface area contributed by atoms with E-state index in [4.69, 9.17) is 5.26 Å². The Morgan fingerprint density at radius 3 is 2.23 bits per heavy atom. The first kappa shape index (κ1) is 21.0. The fourth-order valence-corrected chi connectivity index (χ4v) is 4.25. The van der Waals surface area contributed by atoms with Crippen LogP contribution in [0.5, 0.6) is 0 Å². The second-order valence-corrected chi connectivity index (χ2v) is 8.22. The fraction of sp³-hybridized carbons (Fsp3) is 0.0909. The van der Waals surface area contributed by atoms with Gasteiger partial charge in [-0.1, -0.05) is 42.5 Å². The number of carbonyl (C=O) groups is 1. The number of halogens is 1. The topological polar surface area (TPSA) is 90.3 Å². The average Bonchev–Trinajstić information content (AvgIpc) is 2.75. The van der Waals surface area contributed by atoms with Crippen molar-refractivity contribution in [1.29, 1.82) is 5.26 Å². The third-order valence-electron chi connectivity index (χ3n) is 4.26. The molecule has 0 spiro atoms. The van der Waals surface area contributed by atoms with Crippen molar-refractivity contribution in [3.05, 3.63) is 90.2 Å². The van der Waals surface area contributed by atoms with Crippen molar-refractivity contribution in [2.45, 2.75) is 11.3 Å². The molecular formula is C22H18FN3O3S. The average molecular weight is 423 g/mol. The van der Waals surface area contributed by atoms with Crippen LogP contribution in [0, 0.1) is 17.1 Å². The van der Waals surface area contributed by atoms with E-state index in [-0.39, 0.29) is 17.0 Å². The first-order valence-electron chi connectivity index (χ1n) is 9.00. The lowest BCUT2D eigenvalue weighted by Crippen LogP contribution is -2.38. The van der Waals surface area contributed by atoms with Gasteiger partial charge in [0.05, 0.1) is 23.1 Å². The maximum Gasteiger partial charge on any atom is 0.264 e. The van der Waals surface area contributed by atoms with E-state index in [1.807, 2.05) is 6.07 Å². The SMILES string of the molecule is N#CCc1ccc(NC(=O)CN(c2ccccc2F)S(=O)(=O)c2ccccc2)cc1. The molecule has 0 aliphatic rings. The number of carbonyl (C=O) groups excluding carboxylic acids is 1. The van der Waals surface area contributed by atoms with Crippen LogP contribution in [0.1, 0.15) is 5.56 Å². The summed E-state index contributed by atoms with van der Waals surface area (Å²) in [6.45, 7) is -0.613. The lowest BCUT2D eigenvalue weighted by atomic mass is 10.1. The zero-order chi connectivity index (χ0) is 21.6. The molecule has 6 nitrogen and oxygen atoms in total. The van der Waals surface area contributed by atoms with Gasteiger partial charge in [-0.3, -0.25) is 9.10 Å². The van der Waals surface area contributed by atoms with Crippen molar-refractivity contribution in [3.8, 4) is 6.07 Å². The van der Waals surface area contributed by atoms with Crippen LogP contribution >= 0.6 is 0 Å². The van der Waals surface area contributed by atoms with Gasteiger partial charge in [-0.2, -0.15) is 5.26 Å². The largest absolute Gasteiger partial charge is 0.325 e. The van der Waals surface area contributed by atoms with Gasteiger partial charge in [0, 0.05) is 5.69 Å². The molecular weight excluding hydrogens is 405 g/mol. The van der Waals surface area contributed by atoms with Crippen LogP contribution in [0.2, 0.25) is 0 Å². The second-order valence-electron chi connectivity index (χ2n) is 6.36. The summed E-state index contributed by atoms with van der Waals surface area (Å²) in [5, 5.41) is 11.3. The molecule has 0 heterocycles. The Bertz CT molecular complexity index is 1170. The van der Waals surface area contributed by atoms with Gasteiger partial charge in [0.25, 0.3) is 10.0 Å². The van der Waals surface area contributed by atoms with Gasteiger partial charge in [0.1, 0.15) is 12.4 Å². The smallest absolute Gasteiger partial charge is 0.264 e. The third kappa shape index (κ3) is 4.82. The summed E-state index contributed by atoms with van der Waals surface area (Å²) >= 11 is 0. The van der Waals surface area contributed by atoms with Gasteiger partial charge in [-0.25, -0.2) is 12.8 Å². The van der Waals surface area contributed by atoms with Crippen LogP contribution in [0.15, 0.2) is 83.8 Å². The molecule has 0 aromatic heterocycles. The Hall–Kier alpha value is -3.70. The van der Waals surface area contributed by atoms with Crippen molar-refractivity contribution >= 4 is 27.3 Å². The van der Waals surface area contributed by atoms with Gasteiger partial charge >= 0.3 is 0 Å². The van der Waals surface area contributed by atoms with E-state index >= 15 is 0 Å². The van der Waals surface area contributed by atoms with Crippen LogP contribution < -0.4 is 9.62 Å². The van der Waals surface area contributed by atoms with Gasteiger partial charge in [0.2, 0.25) is 5.91 Å². The summed E-state index contributed by atoms with van der Waals surface area (Å²) in [6, 6.07) is 21.5. The molecule has 0 aliphatic carbocycles. The van der Waals surface area contributed by atoms with Crippen molar-refractivity contribution in [1.82, 2.24) is 0 Å². The number of rotatable bonds is 7. The number of nitriles is 1. The molecule has 3 aromatic rings. The molecule has 0 bridgehead atoms. The number of sulfonamides is 1. The zero-order valence-corrected chi connectivity index (χ0v) is 16.6. The molecule has 8 heteroatoms. The van der Waals surface area contributed by atoms with E-state index < -0.39 is 28.3 Å². The van der Waals surface area contributed by atoms with Crippen molar-refractivity contribution in [3.63, 3.8) is 0 Å². The molecule has 0 aliphatic heterocycles. The minimum atomic E-state index is -4.18. The molecule has 30 heavy (non-hydrogen) atoms. The molecule has 152 valence electrons. The molecule has 0 atom stereocenters. The monoisotopic (exact) mass is 423 g/mol. The van der Waals surface area contributed by atoms with E-state index in [2.05, 4.69) is 5.32 Å². The van der Waals surface area contributed by atoms with Gasteiger partial charge in [0.15, 0.2) is 0 Å². The highest BCUT2D eigenvalue weighted by Crippen LogP contribution is 2.26. The number of para-hydroxylation sites is 1. The van der Waals surface area contributed by atoms with Crippen molar-refractivity contribution < 1.29 is 17.6 Å². The van der Waals surface area contributed by atoms with E-state index in [1.54, 1.807) is 42.5 Å². The second kappa shape index (κ2) is 9.20. The molecule has 1 amide bonds. The molecule has 1 N–H and O–H groups in total. The predicted molar refractivity (Wildman–Crippen MR) is 112 cm³/mol. The number of hydrogen-bond donors (Lipinski definition) is 1. The van der Waals surface area contributed by atoms with E-state index in [9.17, 15) is 17.6 Å². The summed E-state index contributed by atoms with van der Waals surface area (Å²) in [7, 11) is -4.18. The summed E-state index contributed by atoms with van der Waals surface area (Å²) in [4.78, 5) is 12.6. The summed E-state index contributed by atoms with van der Waals surface area (Å²) in [5.41, 5.74) is 1.00. The minimum absolute atomic E-state index is 0.0538. The van der Waals surface area contributed by atoms with Crippen molar-refractivity contribution in [2.75, 3.05) is 16.2 Å². The number of anilines is 2. The highest BCUT2D eigenvalue weighted by molar-refractivity contribution is 7.92. The number of nitrogens with zero attached hydrogens (tertiary/aromatic N) is 2. The maximum atomic E-state index is 14.4. The van der Waals surface area contributed by atoms with Crippen LogP contribution in [-0.4, -0.2) is 20.9 Å². The minimum Gasteiger partial charge on any atom is -0.325 e. The standard InChI is InChI=1S/C22H18FN3O3S/c23-20-8-4-5-9-21(20)26(30(28,29)19-6-2-1-3-7-19)16-22(27)25-18-12-10-17(11-13-18)14-15-24/h1-13H,14,16H2,(H,25,27). The van der Waals surface area contributed by atoms with Crippen LogP contribution in [0.3, 0.4) is 0 Å². The summed E-state index contributed by atoms with van der Waals surface area (Å²) < 4.78 is 41.4. The lowest BCUT2D eigenvalue weighted by molar-refractivity contribution is -0.114. The number of nitrogens with one attached hydrogen (secondary N) is 1. The van der Waals surface area contributed by atoms with Gasteiger partial charge in [-0.05, 0) is 42.0 Å². The fourth-order valence-electron chi connectivity index (χ4n) is 2.80. The van der Waals surface area contributed by atoms with Crippen molar-refractivity contribution in [2.24, 2.45) is 0 Å². The van der Waals surface area contributed by atoms with Crippen LogP contribution in [0.4, 0.5) is 15.8 Å². The number of benzene rings is 3. The summed E-state index contributed by atoms with van der Waals surface area (Å²) in [5.74, 6) is -1.39. The quantitative estimate of drug-likeness (QED) is 0.627. The maximum absolute atomic E-state index is 14.4. The first-order chi connectivity index (χ1) is 14.4. The Morgan fingerprint density at radius 2 is 1.60 bits per heavy atom. The molecule has 0 fully saturated rings. The third-order valence-corrected chi connectivity index (χ3v) is 6.03. The Morgan fingerprint density at radius 1 is 0.967 bits per heavy atom. The molecule has 0 saturated heterocycles. The zero-order valence-electron chi connectivity index (χ0n) is 15.8. The Kier molecular flexibility index (Phi) is 6.45. The number of hydrogen-bond acceptors (Lipinski definition) is 4.